The van der Waals surface area contributed by atoms with Crippen molar-refractivity contribution in [2.24, 2.45) is 0 Å². The summed E-state index contributed by atoms with van der Waals surface area (Å²) in [5, 5.41) is 2.92. The first-order valence-electron chi connectivity index (χ1n) is 4.83. The molecule has 3 nitrogen and oxygen atoms in total. The molecule has 0 aliphatic carbocycles. The van der Waals surface area contributed by atoms with Gasteiger partial charge in [-0.1, -0.05) is 0 Å². The summed E-state index contributed by atoms with van der Waals surface area (Å²) in [4.78, 5) is 3.86. The lowest BCUT2D eigenvalue weighted by molar-refractivity contribution is -0.323. The van der Waals surface area contributed by atoms with E-state index in [0.29, 0.717) is 0 Å². The van der Waals surface area contributed by atoms with E-state index in [-0.39, 0.29) is 19.2 Å². The maximum atomic E-state index is 11.6. The molecule has 0 saturated carbocycles. The Balaban J connectivity index is 2.24. The molecule has 6 heteroatoms. The number of nitrogens with one attached hydrogen (secondary N) is 1. The predicted molar refractivity (Wildman–Crippen MR) is 52.7 cm³/mol. The Labute approximate surface area is 91.6 Å². The third-order valence-electron chi connectivity index (χ3n) is 2.02. The number of rotatable bonds is 5. The van der Waals surface area contributed by atoms with Gasteiger partial charge in [0.2, 0.25) is 0 Å². The Morgan fingerprint density at radius 1 is 1.38 bits per heavy atom. The van der Waals surface area contributed by atoms with Gasteiger partial charge in [-0.15, -0.1) is 13.2 Å². The molecular weight excluding hydrogens is 221 g/mol. The molecule has 1 N–H and O–H groups in total. The lowest BCUT2D eigenvalue weighted by Gasteiger charge is -2.14. The number of pyridine rings is 1. The summed E-state index contributed by atoms with van der Waals surface area (Å²) in [5.74, 6) is 0. The summed E-state index contributed by atoms with van der Waals surface area (Å²) < 4.78 is 38.6. The zero-order chi connectivity index (χ0) is 12.0. The van der Waals surface area contributed by atoms with Crippen LogP contribution < -0.4 is 5.32 Å². The van der Waals surface area contributed by atoms with Crippen LogP contribution in [0, 0.1) is 0 Å². The van der Waals surface area contributed by atoms with E-state index in [1.807, 2.05) is 19.1 Å². The SMILES string of the molecule is CC(NCCOC(F)(F)F)c1ccncc1. The Bertz CT molecular complexity index is 303. The van der Waals surface area contributed by atoms with Crippen LogP contribution in [-0.2, 0) is 4.74 Å². The zero-order valence-corrected chi connectivity index (χ0v) is 8.79. The Morgan fingerprint density at radius 2 is 2.00 bits per heavy atom. The van der Waals surface area contributed by atoms with E-state index in [1.54, 1.807) is 12.4 Å². The maximum Gasteiger partial charge on any atom is 0.522 e. The van der Waals surface area contributed by atoms with E-state index in [1.165, 1.54) is 0 Å². The highest BCUT2D eigenvalue weighted by molar-refractivity contribution is 5.13. The van der Waals surface area contributed by atoms with Crippen LogP contribution in [0.1, 0.15) is 18.5 Å². The van der Waals surface area contributed by atoms with Gasteiger partial charge in [0, 0.05) is 25.0 Å². The molecule has 1 rings (SSSR count). The highest BCUT2D eigenvalue weighted by Crippen LogP contribution is 2.15. The molecule has 0 aliphatic rings. The largest absolute Gasteiger partial charge is 0.522 e. The number of aromatic nitrogens is 1. The molecule has 1 aromatic rings. The standard InChI is InChI=1S/C10H13F3N2O/c1-8(9-2-4-14-5-3-9)15-6-7-16-10(11,12)13/h2-5,8,15H,6-7H2,1H3. The fraction of sp³-hybridized carbons (Fsp3) is 0.500. The minimum Gasteiger partial charge on any atom is -0.308 e. The Kier molecular flexibility index (Phi) is 4.70. The molecule has 0 fully saturated rings. The Morgan fingerprint density at radius 3 is 2.56 bits per heavy atom. The van der Waals surface area contributed by atoms with Crippen molar-refractivity contribution in [3.8, 4) is 0 Å². The van der Waals surface area contributed by atoms with E-state index < -0.39 is 6.36 Å². The molecule has 0 radical (unpaired) electrons. The van der Waals surface area contributed by atoms with Crippen molar-refractivity contribution in [3.05, 3.63) is 30.1 Å². The van der Waals surface area contributed by atoms with Crippen LogP contribution in [0.25, 0.3) is 0 Å². The van der Waals surface area contributed by atoms with E-state index in [4.69, 9.17) is 0 Å². The van der Waals surface area contributed by atoms with Crippen molar-refractivity contribution < 1.29 is 17.9 Å². The highest BCUT2D eigenvalue weighted by Gasteiger charge is 2.28. The van der Waals surface area contributed by atoms with Gasteiger partial charge in [-0.2, -0.15) is 0 Å². The summed E-state index contributed by atoms with van der Waals surface area (Å²) in [6.07, 6.45) is -1.28. The van der Waals surface area contributed by atoms with Crippen LogP contribution in [0.2, 0.25) is 0 Å². The van der Waals surface area contributed by atoms with Gasteiger partial charge in [0.1, 0.15) is 0 Å². The Hall–Kier alpha value is -1.14. The van der Waals surface area contributed by atoms with Gasteiger partial charge in [0.25, 0.3) is 0 Å². The van der Waals surface area contributed by atoms with Gasteiger partial charge in [0.15, 0.2) is 0 Å². The van der Waals surface area contributed by atoms with Gasteiger partial charge >= 0.3 is 6.36 Å². The first-order valence-corrected chi connectivity index (χ1v) is 4.83. The second-order valence-electron chi connectivity index (χ2n) is 3.25. The minimum atomic E-state index is -4.55. The van der Waals surface area contributed by atoms with Crippen LogP contribution in [0.5, 0.6) is 0 Å². The summed E-state index contributed by atoms with van der Waals surface area (Å²) >= 11 is 0. The number of halogens is 3. The molecule has 0 aromatic carbocycles. The third kappa shape index (κ3) is 5.09. The van der Waals surface area contributed by atoms with Gasteiger partial charge in [-0.25, -0.2) is 0 Å². The van der Waals surface area contributed by atoms with E-state index in [9.17, 15) is 13.2 Å². The minimum absolute atomic E-state index is 0.0279. The molecule has 1 heterocycles. The predicted octanol–water partition coefficient (Wildman–Crippen LogP) is 2.27. The van der Waals surface area contributed by atoms with Crippen LogP contribution in [0.3, 0.4) is 0 Å². The summed E-state index contributed by atoms with van der Waals surface area (Å²) in [6.45, 7) is 1.62. The van der Waals surface area contributed by atoms with Gasteiger partial charge in [-0.3, -0.25) is 9.72 Å². The molecule has 90 valence electrons. The van der Waals surface area contributed by atoms with Crippen LogP contribution in [0.4, 0.5) is 13.2 Å². The first-order chi connectivity index (χ1) is 7.49. The lowest BCUT2D eigenvalue weighted by Crippen LogP contribution is -2.26. The number of alkyl halides is 3. The van der Waals surface area contributed by atoms with E-state index >= 15 is 0 Å². The van der Waals surface area contributed by atoms with Crippen LogP contribution >= 0.6 is 0 Å². The average molecular weight is 234 g/mol. The molecule has 0 aliphatic heterocycles. The highest BCUT2D eigenvalue weighted by atomic mass is 19.4. The van der Waals surface area contributed by atoms with Crippen LogP contribution in [0.15, 0.2) is 24.5 Å². The van der Waals surface area contributed by atoms with Crippen molar-refractivity contribution in [3.63, 3.8) is 0 Å². The number of hydrogen-bond donors (Lipinski definition) is 1. The van der Waals surface area contributed by atoms with Crippen LogP contribution in [-0.4, -0.2) is 24.5 Å². The molecule has 1 unspecified atom stereocenters. The van der Waals surface area contributed by atoms with Gasteiger partial charge < -0.3 is 5.32 Å². The van der Waals surface area contributed by atoms with Crippen molar-refractivity contribution in [1.82, 2.24) is 10.3 Å². The summed E-state index contributed by atoms with van der Waals surface area (Å²) in [6, 6.07) is 3.59. The van der Waals surface area contributed by atoms with Crippen molar-refractivity contribution >= 4 is 0 Å². The normalized spacial score (nSPS) is 13.8. The smallest absolute Gasteiger partial charge is 0.308 e. The van der Waals surface area contributed by atoms with E-state index in [0.717, 1.165) is 5.56 Å². The summed E-state index contributed by atoms with van der Waals surface area (Å²) in [7, 11) is 0. The quantitative estimate of drug-likeness (QED) is 0.793. The third-order valence-corrected chi connectivity index (χ3v) is 2.02. The number of nitrogens with zero attached hydrogens (tertiary/aromatic N) is 1. The molecule has 0 bridgehead atoms. The van der Waals surface area contributed by atoms with Gasteiger partial charge in [0.05, 0.1) is 6.61 Å². The summed E-state index contributed by atoms with van der Waals surface area (Å²) in [5.41, 5.74) is 0.974. The molecule has 16 heavy (non-hydrogen) atoms. The molecular formula is C10H13F3N2O. The van der Waals surface area contributed by atoms with E-state index in [2.05, 4.69) is 15.0 Å². The van der Waals surface area contributed by atoms with Crippen molar-refractivity contribution in [1.29, 1.82) is 0 Å². The second-order valence-corrected chi connectivity index (χ2v) is 3.25. The molecule has 0 amide bonds. The topological polar surface area (TPSA) is 34.1 Å². The van der Waals surface area contributed by atoms with Gasteiger partial charge in [-0.05, 0) is 24.6 Å². The van der Waals surface area contributed by atoms with Crippen molar-refractivity contribution in [2.45, 2.75) is 19.3 Å². The molecule has 0 saturated heterocycles. The lowest BCUT2D eigenvalue weighted by atomic mass is 10.1. The molecule has 1 atom stereocenters. The second kappa shape index (κ2) is 5.81. The fourth-order valence-corrected chi connectivity index (χ4v) is 1.21. The number of hydrogen-bond acceptors (Lipinski definition) is 3. The maximum absolute atomic E-state index is 11.6. The fourth-order valence-electron chi connectivity index (χ4n) is 1.21. The first kappa shape index (κ1) is 12.9. The molecule has 0 spiro atoms. The monoisotopic (exact) mass is 234 g/mol. The number of ether oxygens (including phenoxy) is 1. The average Bonchev–Trinajstić information content (AvgIpc) is 2.24. The molecule has 1 aromatic heterocycles. The van der Waals surface area contributed by atoms with Crippen molar-refractivity contribution in [2.75, 3.05) is 13.2 Å². The zero-order valence-electron chi connectivity index (χ0n) is 8.79.